The average molecular weight is 249 g/mol. The van der Waals surface area contributed by atoms with Crippen LogP contribution < -0.4 is 5.32 Å². The van der Waals surface area contributed by atoms with E-state index in [0.29, 0.717) is 6.04 Å². The smallest absolute Gasteiger partial charge is 0.0189 e. The summed E-state index contributed by atoms with van der Waals surface area (Å²) in [6.45, 7) is 3.31. The van der Waals surface area contributed by atoms with Gasteiger partial charge in [-0.2, -0.15) is 0 Å². The first-order chi connectivity index (χ1) is 8.40. The summed E-state index contributed by atoms with van der Waals surface area (Å²) in [6, 6.07) is 11.5. The second kappa shape index (κ2) is 7.07. The molecule has 0 aromatic heterocycles. The van der Waals surface area contributed by atoms with Gasteiger partial charge in [0, 0.05) is 16.7 Å². The molecule has 0 heterocycles. The molecule has 1 nitrogen and oxygen atoms in total. The van der Waals surface area contributed by atoms with E-state index in [1.807, 2.05) is 11.8 Å². The zero-order chi connectivity index (χ0) is 11.9. The van der Waals surface area contributed by atoms with Crippen LogP contribution in [-0.2, 0) is 0 Å². The van der Waals surface area contributed by atoms with Crippen molar-refractivity contribution in [2.24, 2.45) is 5.92 Å². The van der Waals surface area contributed by atoms with Crippen molar-refractivity contribution in [2.75, 3.05) is 12.3 Å². The Balaban J connectivity index is 1.84. The minimum Gasteiger partial charge on any atom is -0.313 e. The van der Waals surface area contributed by atoms with Gasteiger partial charge in [0.05, 0.1) is 0 Å². The van der Waals surface area contributed by atoms with Crippen molar-refractivity contribution in [3.63, 3.8) is 0 Å². The standard InChI is InChI=1S/C15H23NS/c1-2-16-15(13-8-6-7-9-13)12-17-14-10-4-3-5-11-14/h3-5,10-11,13,15-16H,2,6-9,12H2,1H3. The van der Waals surface area contributed by atoms with Crippen LogP contribution in [0.4, 0.5) is 0 Å². The van der Waals surface area contributed by atoms with Crippen LogP contribution in [0.25, 0.3) is 0 Å². The van der Waals surface area contributed by atoms with Gasteiger partial charge >= 0.3 is 0 Å². The van der Waals surface area contributed by atoms with Gasteiger partial charge < -0.3 is 5.32 Å². The summed E-state index contributed by atoms with van der Waals surface area (Å²) < 4.78 is 0. The first-order valence-corrected chi connectivity index (χ1v) is 7.80. The Morgan fingerprint density at radius 1 is 1.24 bits per heavy atom. The third kappa shape index (κ3) is 4.04. The molecule has 0 bridgehead atoms. The molecule has 1 N–H and O–H groups in total. The summed E-state index contributed by atoms with van der Waals surface area (Å²) in [5, 5.41) is 3.67. The first kappa shape index (κ1) is 13.0. The molecule has 1 aliphatic carbocycles. The van der Waals surface area contributed by atoms with Gasteiger partial charge in [-0.1, -0.05) is 38.0 Å². The zero-order valence-electron chi connectivity index (χ0n) is 10.7. The maximum absolute atomic E-state index is 3.67. The summed E-state index contributed by atoms with van der Waals surface area (Å²) in [6.07, 6.45) is 5.71. The fourth-order valence-corrected chi connectivity index (χ4v) is 3.80. The van der Waals surface area contributed by atoms with Crippen LogP contribution in [0, 0.1) is 5.92 Å². The largest absolute Gasteiger partial charge is 0.313 e. The molecule has 1 saturated carbocycles. The topological polar surface area (TPSA) is 12.0 Å². The Hall–Kier alpha value is -0.470. The first-order valence-electron chi connectivity index (χ1n) is 6.81. The van der Waals surface area contributed by atoms with Crippen LogP contribution in [-0.4, -0.2) is 18.3 Å². The van der Waals surface area contributed by atoms with E-state index in [0.717, 1.165) is 12.5 Å². The van der Waals surface area contributed by atoms with Gasteiger partial charge in [0.15, 0.2) is 0 Å². The summed E-state index contributed by atoms with van der Waals surface area (Å²) in [5.74, 6) is 2.12. The highest BCUT2D eigenvalue weighted by Gasteiger charge is 2.24. The summed E-state index contributed by atoms with van der Waals surface area (Å²) in [4.78, 5) is 1.40. The lowest BCUT2D eigenvalue weighted by Crippen LogP contribution is -2.37. The Kier molecular flexibility index (Phi) is 5.40. The number of hydrogen-bond acceptors (Lipinski definition) is 2. The molecule has 0 spiro atoms. The van der Waals surface area contributed by atoms with Crippen LogP contribution in [0.5, 0.6) is 0 Å². The molecule has 2 rings (SSSR count). The van der Waals surface area contributed by atoms with E-state index < -0.39 is 0 Å². The van der Waals surface area contributed by atoms with Crippen molar-refractivity contribution in [1.29, 1.82) is 0 Å². The highest BCUT2D eigenvalue weighted by atomic mass is 32.2. The van der Waals surface area contributed by atoms with Gasteiger partial charge in [0.1, 0.15) is 0 Å². The Labute approximate surface area is 109 Å². The average Bonchev–Trinajstić information content (AvgIpc) is 2.89. The van der Waals surface area contributed by atoms with Crippen molar-refractivity contribution < 1.29 is 0 Å². The lowest BCUT2D eigenvalue weighted by Gasteiger charge is -2.23. The summed E-state index contributed by atoms with van der Waals surface area (Å²) in [5.41, 5.74) is 0. The minimum atomic E-state index is 0.702. The fourth-order valence-electron chi connectivity index (χ4n) is 2.69. The lowest BCUT2D eigenvalue weighted by molar-refractivity contribution is 0.394. The van der Waals surface area contributed by atoms with E-state index >= 15 is 0 Å². The predicted molar refractivity (Wildman–Crippen MR) is 76.6 cm³/mol. The van der Waals surface area contributed by atoms with E-state index in [2.05, 4.69) is 42.6 Å². The maximum atomic E-state index is 3.67. The molecule has 0 amide bonds. The number of hydrogen-bond donors (Lipinski definition) is 1. The van der Waals surface area contributed by atoms with E-state index in [-0.39, 0.29) is 0 Å². The highest BCUT2D eigenvalue weighted by Crippen LogP contribution is 2.30. The monoisotopic (exact) mass is 249 g/mol. The molecule has 1 fully saturated rings. The number of nitrogens with one attached hydrogen (secondary N) is 1. The molecule has 1 unspecified atom stereocenters. The molecule has 1 aromatic carbocycles. The Morgan fingerprint density at radius 3 is 2.59 bits per heavy atom. The molecule has 0 saturated heterocycles. The van der Waals surface area contributed by atoms with Gasteiger partial charge in [0.2, 0.25) is 0 Å². The second-order valence-corrected chi connectivity index (χ2v) is 5.93. The van der Waals surface area contributed by atoms with Crippen molar-refractivity contribution in [1.82, 2.24) is 5.32 Å². The molecule has 0 aliphatic heterocycles. The molecule has 1 atom stereocenters. The third-order valence-electron chi connectivity index (χ3n) is 3.61. The molecule has 1 aromatic rings. The number of benzene rings is 1. The van der Waals surface area contributed by atoms with Crippen molar-refractivity contribution in [2.45, 2.75) is 43.5 Å². The van der Waals surface area contributed by atoms with E-state index in [9.17, 15) is 0 Å². The SMILES string of the molecule is CCNC(CSc1ccccc1)C1CCCC1. The zero-order valence-corrected chi connectivity index (χ0v) is 11.5. The van der Waals surface area contributed by atoms with Gasteiger partial charge in [-0.25, -0.2) is 0 Å². The van der Waals surface area contributed by atoms with Crippen LogP contribution in [0.1, 0.15) is 32.6 Å². The van der Waals surface area contributed by atoms with Crippen LogP contribution >= 0.6 is 11.8 Å². The quantitative estimate of drug-likeness (QED) is 0.766. The normalized spacial score (nSPS) is 18.4. The van der Waals surface area contributed by atoms with E-state index in [1.54, 1.807) is 0 Å². The van der Waals surface area contributed by atoms with E-state index in [1.165, 1.54) is 36.3 Å². The highest BCUT2D eigenvalue weighted by molar-refractivity contribution is 7.99. The minimum absolute atomic E-state index is 0.702. The molecule has 0 radical (unpaired) electrons. The second-order valence-electron chi connectivity index (χ2n) is 4.83. The van der Waals surface area contributed by atoms with E-state index in [4.69, 9.17) is 0 Å². The summed E-state index contributed by atoms with van der Waals surface area (Å²) in [7, 11) is 0. The van der Waals surface area contributed by atoms with Gasteiger partial charge in [0.25, 0.3) is 0 Å². The molecular formula is C15H23NS. The molecule has 17 heavy (non-hydrogen) atoms. The molecule has 94 valence electrons. The van der Waals surface area contributed by atoms with Crippen molar-refractivity contribution >= 4 is 11.8 Å². The van der Waals surface area contributed by atoms with Gasteiger partial charge in [-0.05, 0) is 37.4 Å². The molecule has 1 aliphatic rings. The summed E-state index contributed by atoms with van der Waals surface area (Å²) >= 11 is 1.99. The van der Waals surface area contributed by atoms with Crippen molar-refractivity contribution in [3.05, 3.63) is 30.3 Å². The van der Waals surface area contributed by atoms with Crippen molar-refractivity contribution in [3.8, 4) is 0 Å². The lowest BCUT2D eigenvalue weighted by atomic mass is 10.00. The maximum Gasteiger partial charge on any atom is 0.0189 e. The van der Waals surface area contributed by atoms with Gasteiger partial charge in [-0.3, -0.25) is 0 Å². The number of thioether (sulfide) groups is 1. The van der Waals surface area contributed by atoms with Crippen LogP contribution in [0.2, 0.25) is 0 Å². The molecular weight excluding hydrogens is 226 g/mol. The van der Waals surface area contributed by atoms with Crippen LogP contribution in [0.3, 0.4) is 0 Å². The third-order valence-corrected chi connectivity index (χ3v) is 4.74. The fraction of sp³-hybridized carbons (Fsp3) is 0.600. The number of rotatable bonds is 6. The molecule has 2 heteroatoms. The van der Waals surface area contributed by atoms with Gasteiger partial charge in [-0.15, -0.1) is 11.8 Å². The predicted octanol–water partition coefficient (Wildman–Crippen LogP) is 3.95. The van der Waals surface area contributed by atoms with Crippen LogP contribution in [0.15, 0.2) is 35.2 Å². The Bertz CT molecular complexity index is 306. The Morgan fingerprint density at radius 2 is 1.94 bits per heavy atom.